The fourth-order valence-corrected chi connectivity index (χ4v) is 3.46. The van der Waals surface area contributed by atoms with E-state index in [0.717, 1.165) is 15.6 Å². The summed E-state index contributed by atoms with van der Waals surface area (Å²) in [4.78, 5) is 15.8. The monoisotopic (exact) mass is 460 g/mol. The molecule has 0 bridgehead atoms. The largest absolute Gasteiger partial charge is 0.493 e. The third-order valence-corrected chi connectivity index (χ3v) is 5.48. The molecule has 0 radical (unpaired) electrons. The van der Waals surface area contributed by atoms with Crippen LogP contribution in [0.15, 0.2) is 52.6 Å². The average molecular weight is 461 g/mol. The van der Waals surface area contributed by atoms with Crippen LogP contribution < -0.4 is 9.47 Å². The van der Waals surface area contributed by atoms with Crippen molar-refractivity contribution in [2.45, 2.75) is 13.5 Å². The summed E-state index contributed by atoms with van der Waals surface area (Å²) in [6, 6.07) is 13.5. The Morgan fingerprint density at radius 1 is 1.14 bits per heavy atom. The second kappa shape index (κ2) is 8.75. The molecule has 5 nitrogen and oxygen atoms in total. The molecule has 1 aliphatic rings. The molecule has 0 atom stereocenters. The molecule has 3 rings (SSSR count). The van der Waals surface area contributed by atoms with Crippen LogP contribution in [-0.4, -0.2) is 41.5 Å². The SMILES string of the molecule is CCN1C(=O)C(=Cc2ccc(OCc3ccc(Br)cc3)c(OC)c2)N(C)C1=S. The Balaban J connectivity index is 1.80. The Labute approximate surface area is 178 Å². The molecule has 1 fully saturated rings. The fraction of sp³-hybridized carbons (Fsp3) is 0.238. The molecule has 2 aromatic carbocycles. The number of nitrogens with zero attached hydrogens (tertiary/aromatic N) is 2. The van der Waals surface area contributed by atoms with Crippen molar-refractivity contribution in [2.24, 2.45) is 0 Å². The van der Waals surface area contributed by atoms with Crippen molar-refractivity contribution in [1.82, 2.24) is 9.80 Å². The predicted molar refractivity (Wildman–Crippen MR) is 117 cm³/mol. The molecule has 0 unspecified atom stereocenters. The van der Waals surface area contributed by atoms with E-state index in [1.807, 2.05) is 55.5 Å². The van der Waals surface area contributed by atoms with E-state index in [4.69, 9.17) is 21.7 Å². The minimum atomic E-state index is -0.0930. The van der Waals surface area contributed by atoms with E-state index >= 15 is 0 Å². The second-order valence-corrected chi connectivity index (χ2v) is 7.53. The molecule has 1 aliphatic heterocycles. The lowest BCUT2D eigenvalue weighted by atomic mass is 10.1. The number of ether oxygens (including phenoxy) is 2. The molecular weight excluding hydrogens is 440 g/mol. The van der Waals surface area contributed by atoms with Gasteiger partial charge in [-0.3, -0.25) is 9.69 Å². The van der Waals surface area contributed by atoms with Gasteiger partial charge in [-0.15, -0.1) is 0 Å². The standard InChI is InChI=1S/C21H21BrN2O3S/c1-4-24-20(25)17(23(2)21(24)28)11-15-7-10-18(19(12-15)26-3)27-13-14-5-8-16(22)9-6-14/h5-12H,4,13H2,1-3H3. The van der Waals surface area contributed by atoms with Gasteiger partial charge in [0.25, 0.3) is 5.91 Å². The van der Waals surface area contributed by atoms with Gasteiger partial charge in [-0.2, -0.15) is 0 Å². The van der Waals surface area contributed by atoms with Crippen LogP contribution in [0.25, 0.3) is 6.08 Å². The van der Waals surface area contributed by atoms with Crippen molar-refractivity contribution < 1.29 is 14.3 Å². The highest BCUT2D eigenvalue weighted by molar-refractivity contribution is 9.10. The third-order valence-electron chi connectivity index (χ3n) is 4.46. The molecule has 0 N–H and O–H groups in total. The van der Waals surface area contributed by atoms with Gasteiger partial charge in [0.15, 0.2) is 16.6 Å². The Morgan fingerprint density at radius 2 is 1.86 bits per heavy atom. The molecule has 0 aliphatic carbocycles. The lowest BCUT2D eigenvalue weighted by Gasteiger charge is -2.14. The van der Waals surface area contributed by atoms with Crippen LogP contribution in [0.5, 0.6) is 11.5 Å². The summed E-state index contributed by atoms with van der Waals surface area (Å²) in [5.41, 5.74) is 2.43. The molecule has 0 aromatic heterocycles. The summed E-state index contributed by atoms with van der Waals surface area (Å²) in [7, 11) is 3.40. The lowest BCUT2D eigenvalue weighted by Crippen LogP contribution is -2.30. The maximum Gasteiger partial charge on any atom is 0.276 e. The van der Waals surface area contributed by atoms with Gasteiger partial charge in [-0.1, -0.05) is 34.1 Å². The van der Waals surface area contributed by atoms with Gasteiger partial charge in [0.05, 0.1) is 7.11 Å². The van der Waals surface area contributed by atoms with E-state index in [2.05, 4.69) is 15.9 Å². The molecule has 0 spiro atoms. The zero-order valence-corrected chi connectivity index (χ0v) is 18.3. The van der Waals surface area contributed by atoms with Gasteiger partial charge in [0.1, 0.15) is 12.3 Å². The summed E-state index contributed by atoms with van der Waals surface area (Å²) >= 11 is 8.76. The molecule has 7 heteroatoms. The Kier molecular flexibility index (Phi) is 6.36. The van der Waals surface area contributed by atoms with Crippen LogP contribution in [0, 0.1) is 0 Å². The number of amides is 1. The third kappa shape index (κ3) is 4.20. The maximum absolute atomic E-state index is 12.5. The van der Waals surface area contributed by atoms with Crippen LogP contribution in [0.3, 0.4) is 0 Å². The number of benzene rings is 2. The first-order chi connectivity index (χ1) is 13.4. The molecule has 28 heavy (non-hydrogen) atoms. The first-order valence-corrected chi connectivity index (χ1v) is 10.0. The normalized spacial score (nSPS) is 15.5. The first-order valence-electron chi connectivity index (χ1n) is 8.81. The van der Waals surface area contributed by atoms with Gasteiger partial charge in [0.2, 0.25) is 0 Å². The molecular formula is C21H21BrN2O3S. The van der Waals surface area contributed by atoms with Crippen molar-refractivity contribution in [3.05, 3.63) is 63.8 Å². The Bertz CT molecular complexity index is 928. The van der Waals surface area contributed by atoms with Crippen LogP contribution >= 0.6 is 28.1 Å². The smallest absolute Gasteiger partial charge is 0.276 e. The number of carbonyl (C=O) groups excluding carboxylic acids is 1. The summed E-state index contributed by atoms with van der Waals surface area (Å²) in [5.74, 6) is 1.16. The van der Waals surface area contributed by atoms with Crippen molar-refractivity contribution in [1.29, 1.82) is 0 Å². The van der Waals surface area contributed by atoms with Crippen molar-refractivity contribution in [2.75, 3.05) is 20.7 Å². The Hall–Kier alpha value is -2.38. The van der Waals surface area contributed by atoms with Crippen molar-refractivity contribution in [3.63, 3.8) is 0 Å². The topological polar surface area (TPSA) is 42.0 Å². The van der Waals surface area contributed by atoms with Gasteiger partial charge in [0, 0.05) is 18.1 Å². The minimum Gasteiger partial charge on any atom is -0.493 e. The molecule has 1 heterocycles. The van der Waals surface area contributed by atoms with E-state index in [0.29, 0.717) is 35.5 Å². The number of carbonyl (C=O) groups is 1. The number of hydrogen-bond acceptors (Lipinski definition) is 4. The first kappa shape index (κ1) is 20.4. The molecule has 1 saturated heterocycles. The zero-order valence-electron chi connectivity index (χ0n) is 15.9. The maximum atomic E-state index is 12.5. The highest BCUT2D eigenvalue weighted by atomic mass is 79.9. The fourth-order valence-electron chi connectivity index (χ4n) is 2.88. The van der Waals surface area contributed by atoms with E-state index in [1.54, 1.807) is 24.0 Å². The predicted octanol–water partition coefficient (Wildman–Crippen LogP) is 4.46. The number of halogens is 1. The number of hydrogen-bond donors (Lipinski definition) is 0. The number of methoxy groups -OCH3 is 1. The zero-order chi connectivity index (χ0) is 20.3. The van der Waals surface area contributed by atoms with Crippen molar-refractivity contribution in [3.8, 4) is 11.5 Å². The quantitative estimate of drug-likeness (QED) is 0.470. The van der Waals surface area contributed by atoms with Crippen LogP contribution in [0.2, 0.25) is 0 Å². The summed E-state index contributed by atoms with van der Waals surface area (Å²) < 4.78 is 12.4. The minimum absolute atomic E-state index is 0.0930. The Morgan fingerprint density at radius 3 is 2.46 bits per heavy atom. The van der Waals surface area contributed by atoms with E-state index in [9.17, 15) is 4.79 Å². The van der Waals surface area contributed by atoms with E-state index in [1.165, 1.54) is 0 Å². The summed E-state index contributed by atoms with van der Waals surface area (Å²) in [6.07, 6.45) is 1.81. The van der Waals surface area contributed by atoms with Crippen LogP contribution in [0.1, 0.15) is 18.1 Å². The lowest BCUT2D eigenvalue weighted by molar-refractivity contribution is -0.122. The molecule has 0 saturated carbocycles. The summed E-state index contributed by atoms with van der Waals surface area (Å²) in [6.45, 7) is 2.89. The number of rotatable bonds is 6. The van der Waals surface area contributed by atoms with Crippen LogP contribution in [0.4, 0.5) is 0 Å². The van der Waals surface area contributed by atoms with Gasteiger partial charge >= 0.3 is 0 Å². The number of thiocarbonyl (C=S) groups is 1. The molecule has 1 amide bonds. The summed E-state index contributed by atoms with van der Waals surface area (Å²) in [5, 5.41) is 0.514. The van der Waals surface area contributed by atoms with Gasteiger partial charge < -0.3 is 14.4 Å². The van der Waals surface area contributed by atoms with Crippen molar-refractivity contribution >= 4 is 45.2 Å². The van der Waals surface area contributed by atoms with Gasteiger partial charge in [-0.25, -0.2) is 0 Å². The van der Waals surface area contributed by atoms with E-state index < -0.39 is 0 Å². The highest BCUT2D eigenvalue weighted by Crippen LogP contribution is 2.31. The number of likely N-dealkylation sites (N-methyl/N-ethyl adjacent to an activating group) is 2. The second-order valence-electron chi connectivity index (χ2n) is 6.25. The van der Waals surface area contributed by atoms with Gasteiger partial charge in [-0.05, 0) is 60.6 Å². The van der Waals surface area contributed by atoms with Crippen LogP contribution in [-0.2, 0) is 11.4 Å². The molecule has 146 valence electrons. The highest BCUT2D eigenvalue weighted by Gasteiger charge is 2.34. The average Bonchev–Trinajstić information content (AvgIpc) is 2.90. The molecule has 2 aromatic rings. The van der Waals surface area contributed by atoms with E-state index in [-0.39, 0.29) is 5.91 Å².